The second-order valence-corrected chi connectivity index (χ2v) is 12.8. The van der Waals surface area contributed by atoms with E-state index >= 15 is 0 Å². The highest BCUT2D eigenvalue weighted by molar-refractivity contribution is 7.92. The Hall–Kier alpha value is -4.05. The molecule has 1 fully saturated rings. The summed E-state index contributed by atoms with van der Waals surface area (Å²) in [5.74, 6) is 0.0240. The molecule has 4 rings (SSSR count). The molecular weight excluding hydrogens is 566 g/mol. The predicted molar refractivity (Wildman–Crippen MR) is 168 cm³/mol. The van der Waals surface area contributed by atoms with Crippen molar-refractivity contribution in [2.24, 2.45) is 0 Å². The van der Waals surface area contributed by atoms with Crippen LogP contribution in [0.1, 0.15) is 43.2 Å². The van der Waals surface area contributed by atoms with E-state index in [4.69, 9.17) is 9.47 Å². The van der Waals surface area contributed by atoms with E-state index in [0.717, 1.165) is 53.8 Å². The lowest BCUT2D eigenvalue weighted by atomic mass is 9.94. The standard InChI is InChI=1S/C33H41N3O6S/c1-41-30-20-19-28(22-31(30)42-2)36(43(3,39)40)24-32(37)35(23-26-15-9-5-10-16-26)29(21-25-13-7-4-8-14-25)33(38)34-27-17-11-6-12-18-27/h4-5,7-10,13-16,19-20,22,27,29H,6,11-12,17-18,21,23-24H2,1-3H3,(H,34,38)/t29-/m0/s1. The van der Waals surface area contributed by atoms with Crippen LogP contribution in [-0.4, -0.2) is 64.2 Å². The zero-order chi connectivity index (χ0) is 30.8. The molecule has 0 heterocycles. The Morgan fingerprint density at radius 1 is 0.860 bits per heavy atom. The van der Waals surface area contributed by atoms with E-state index in [2.05, 4.69) is 5.32 Å². The van der Waals surface area contributed by atoms with E-state index in [0.29, 0.717) is 11.5 Å². The van der Waals surface area contributed by atoms with Gasteiger partial charge in [-0.25, -0.2) is 8.42 Å². The fourth-order valence-electron chi connectivity index (χ4n) is 5.47. The number of anilines is 1. The zero-order valence-corrected chi connectivity index (χ0v) is 25.9. The lowest BCUT2D eigenvalue weighted by molar-refractivity contribution is -0.140. The number of hydrogen-bond donors (Lipinski definition) is 1. The van der Waals surface area contributed by atoms with Gasteiger partial charge in [-0.05, 0) is 36.1 Å². The molecule has 1 saturated carbocycles. The molecule has 0 aliphatic heterocycles. The summed E-state index contributed by atoms with van der Waals surface area (Å²) in [6, 6.07) is 22.8. The molecule has 3 aromatic carbocycles. The maximum atomic E-state index is 14.3. The van der Waals surface area contributed by atoms with Gasteiger partial charge in [0.25, 0.3) is 0 Å². The number of nitrogens with zero attached hydrogens (tertiary/aromatic N) is 2. The summed E-state index contributed by atoms with van der Waals surface area (Å²) in [7, 11) is -0.958. The molecule has 43 heavy (non-hydrogen) atoms. The minimum Gasteiger partial charge on any atom is -0.493 e. The van der Waals surface area contributed by atoms with E-state index in [1.165, 1.54) is 25.2 Å². The third-order valence-electron chi connectivity index (χ3n) is 7.75. The van der Waals surface area contributed by atoms with Crippen molar-refractivity contribution in [3.8, 4) is 11.5 Å². The second kappa shape index (κ2) is 14.9. The first kappa shape index (κ1) is 31.9. The summed E-state index contributed by atoms with van der Waals surface area (Å²) in [5, 5.41) is 3.21. The van der Waals surface area contributed by atoms with Crippen LogP contribution in [-0.2, 0) is 32.6 Å². The highest BCUT2D eigenvalue weighted by Gasteiger charge is 2.34. The minimum absolute atomic E-state index is 0.0486. The van der Waals surface area contributed by atoms with Crippen molar-refractivity contribution in [1.29, 1.82) is 0 Å². The summed E-state index contributed by atoms with van der Waals surface area (Å²) < 4.78 is 37.9. The summed E-state index contributed by atoms with van der Waals surface area (Å²) in [5.41, 5.74) is 1.98. The number of benzene rings is 3. The average molecular weight is 608 g/mol. The maximum absolute atomic E-state index is 14.3. The molecule has 9 nitrogen and oxygen atoms in total. The number of nitrogens with one attached hydrogen (secondary N) is 1. The lowest BCUT2D eigenvalue weighted by Gasteiger charge is -2.35. The van der Waals surface area contributed by atoms with Crippen LogP contribution in [0.15, 0.2) is 78.9 Å². The normalized spacial score (nSPS) is 14.4. The Morgan fingerprint density at radius 3 is 2.05 bits per heavy atom. The van der Waals surface area contributed by atoms with Gasteiger partial charge in [-0.15, -0.1) is 0 Å². The maximum Gasteiger partial charge on any atom is 0.244 e. The van der Waals surface area contributed by atoms with E-state index in [1.54, 1.807) is 12.1 Å². The van der Waals surface area contributed by atoms with Crippen LogP contribution in [0.25, 0.3) is 0 Å². The van der Waals surface area contributed by atoms with Crippen molar-refractivity contribution in [3.05, 3.63) is 90.0 Å². The fraction of sp³-hybridized carbons (Fsp3) is 0.394. The molecule has 1 atom stereocenters. The SMILES string of the molecule is COc1ccc(N(CC(=O)N(Cc2ccccc2)[C@@H](Cc2ccccc2)C(=O)NC2CCCCC2)S(C)(=O)=O)cc1OC. The van der Waals surface area contributed by atoms with Gasteiger partial charge in [0.05, 0.1) is 26.2 Å². The van der Waals surface area contributed by atoms with Gasteiger partial charge in [-0.2, -0.15) is 0 Å². The third-order valence-corrected chi connectivity index (χ3v) is 8.89. The average Bonchev–Trinajstić information content (AvgIpc) is 3.02. The van der Waals surface area contributed by atoms with E-state index in [9.17, 15) is 18.0 Å². The number of carbonyl (C=O) groups excluding carboxylic acids is 2. The summed E-state index contributed by atoms with van der Waals surface area (Å²) in [4.78, 5) is 29.8. The smallest absolute Gasteiger partial charge is 0.244 e. The van der Waals surface area contributed by atoms with Crippen LogP contribution in [0.5, 0.6) is 11.5 Å². The molecule has 3 aromatic rings. The number of carbonyl (C=O) groups is 2. The van der Waals surface area contributed by atoms with Gasteiger partial charge in [0, 0.05) is 25.1 Å². The number of methoxy groups -OCH3 is 2. The Labute approximate surface area is 254 Å². The molecule has 0 saturated heterocycles. The predicted octanol–water partition coefficient (Wildman–Crippen LogP) is 4.56. The van der Waals surface area contributed by atoms with E-state index < -0.39 is 28.5 Å². The molecular formula is C33H41N3O6S. The number of rotatable bonds is 13. The topological polar surface area (TPSA) is 105 Å². The molecule has 1 aliphatic rings. The van der Waals surface area contributed by atoms with Crippen LogP contribution in [0.4, 0.5) is 5.69 Å². The van der Waals surface area contributed by atoms with Crippen molar-refractivity contribution in [3.63, 3.8) is 0 Å². The molecule has 2 amide bonds. The van der Waals surface area contributed by atoms with Crippen LogP contribution in [0.2, 0.25) is 0 Å². The van der Waals surface area contributed by atoms with Crippen LogP contribution in [0.3, 0.4) is 0 Å². The number of sulfonamides is 1. The number of hydrogen-bond acceptors (Lipinski definition) is 6. The van der Waals surface area contributed by atoms with Crippen molar-refractivity contribution in [2.75, 3.05) is 31.3 Å². The first-order chi connectivity index (χ1) is 20.7. The lowest BCUT2D eigenvalue weighted by Crippen LogP contribution is -2.55. The monoisotopic (exact) mass is 607 g/mol. The van der Waals surface area contributed by atoms with Gasteiger partial charge in [0.2, 0.25) is 21.8 Å². The largest absolute Gasteiger partial charge is 0.493 e. The van der Waals surface area contributed by atoms with Gasteiger partial charge < -0.3 is 19.7 Å². The molecule has 230 valence electrons. The number of ether oxygens (including phenoxy) is 2. The summed E-state index contributed by atoms with van der Waals surface area (Å²) >= 11 is 0. The van der Waals surface area contributed by atoms with Gasteiger partial charge in [-0.3, -0.25) is 13.9 Å². The highest BCUT2D eigenvalue weighted by atomic mass is 32.2. The van der Waals surface area contributed by atoms with Crippen molar-refractivity contribution in [2.45, 2.75) is 57.2 Å². The Morgan fingerprint density at radius 2 is 1.47 bits per heavy atom. The van der Waals surface area contributed by atoms with Crippen LogP contribution < -0.4 is 19.1 Å². The molecule has 0 spiro atoms. The van der Waals surface area contributed by atoms with Gasteiger partial charge in [0.15, 0.2) is 11.5 Å². The first-order valence-electron chi connectivity index (χ1n) is 14.6. The molecule has 0 aromatic heterocycles. The van der Waals surface area contributed by atoms with Gasteiger partial charge >= 0.3 is 0 Å². The van der Waals surface area contributed by atoms with Crippen molar-refractivity contribution < 1.29 is 27.5 Å². The zero-order valence-electron chi connectivity index (χ0n) is 25.1. The molecule has 0 radical (unpaired) electrons. The molecule has 1 aliphatic carbocycles. The minimum atomic E-state index is -3.90. The quantitative estimate of drug-likeness (QED) is 0.306. The van der Waals surface area contributed by atoms with Crippen molar-refractivity contribution in [1.82, 2.24) is 10.2 Å². The number of amides is 2. The Bertz CT molecular complexity index is 1460. The van der Waals surface area contributed by atoms with Crippen LogP contribution in [0, 0.1) is 0 Å². The fourth-order valence-corrected chi connectivity index (χ4v) is 6.31. The molecule has 1 N–H and O–H groups in total. The second-order valence-electron chi connectivity index (χ2n) is 10.9. The molecule has 0 bridgehead atoms. The van der Waals surface area contributed by atoms with E-state index in [1.807, 2.05) is 60.7 Å². The van der Waals surface area contributed by atoms with Gasteiger partial charge in [0.1, 0.15) is 12.6 Å². The first-order valence-corrected chi connectivity index (χ1v) is 16.4. The Kier molecular flexibility index (Phi) is 11.1. The van der Waals surface area contributed by atoms with Gasteiger partial charge in [-0.1, -0.05) is 79.9 Å². The summed E-state index contributed by atoms with van der Waals surface area (Å²) in [6.07, 6.45) is 6.39. The van der Waals surface area contributed by atoms with Crippen molar-refractivity contribution >= 4 is 27.5 Å². The molecule has 0 unspecified atom stereocenters. The van der Waals surface area contributed by atoms with Crippen LogP contribution >= 0.6 is 0 Å². The summed E-state index contributed by atoms with van der Waals surface area (Å²) in [6.45, 7) is -0.359. The molecule has 10 heteroatoms. The third kappa shape index (κ3) is 8.73. The Balaban J connectivity index is 1.72. The highest BCUT2D eigenvalue weighted by Crippen LogP contribution is 2.32. The van der Waals surface area contributed by atoms with E-state index in [-0.39, 0.29) is 30.6 Å².